The monoisotopic (exact) mass is 154 g/mol. The van der Waals surface area contributed by atoms with Crippen LogP contribution in [0.15, 0.2) is 0 Å². The standard InChI is InChI=1S/C6H10N4O/c1-6(2,3)10-8-5(4-11)7-9-10/h4H,1-3H3. The highest BCUT2D eigenvalue weighted by Crippen LogP contribution is 2.08. The SMILES string of the molecule is CC(C)(C)n1nnc(C=O)n1. The number of nitrogens with zero attached hydrogens (tertiary/aromatic N) is 4. The van der Waals surface area contributed by atoms with E-state index >= 15 is 0 Å². The van der Waals surface area contributed by atoms with Gasteiger partial charge in [-0.05, 0) is 26.0 Å². The van der Waals surface area contributed by atoms with E-state index in [1.54, 1.807) is 0 Å². The summed E-state index contributed by atoms with van der Waals surface area (Å²) in [6.07, 6.45) is 0.579. The second-order valence-corrected chi connectivity index (χ2v) is 3.23. The molecule has 0 N–H and O–H groups in total. The van der Waals surface area contributed by atoms with Gasteiger partial charge in [0.1, 0.15) is 0 Å². The van der Waals surface area contributed by atoms with Crippen LogP contribution in [0.5, 0.6) is 0 Å². The first-order valence-corrected chi connectivity index (χ1v) is 3.30. The van der Waals surface area contributed by atoms with Gasteiger partial charge < -0.3 is 0 Å². The molecule has 11 heavy (non-hydrogen) atoms. The molecule has 1 aromatic heterocycles. The molecule has 0 amide bonds. The Morgan fingerprint density at radius 1 is 1.45 bits per heavy atom. The highest BCUT2D eigenvalue weighted by atomic mass is 16.1. The van der Waals surface area contributed by atoms with Gasteiger partial charge in [-0.2, -0.15) is 4.80 Å². The molecule has 0 saturated heterocycles. The molecule has 0 unspecified atom stereocenters. The predicted octanol–water partition coefficient (Wildman–Crippen LogP) is 0.241. The first-order chi connectivity index (χ1) is 5.04. The first kappa shape index (κ1) is 7.84. The smallest absolute Gasteiger partial charge is 0.237 e. The van der Waals surface area contributed by atoms with Crippen molar-refractivity contribution < 1.29 is 4.79 Å². The largest absolute Gasteiger partial charge is 0.294 e. The summed E-state index contributed by atoms with van der Waals surface area (Å²) in [5.41, 5.74) is -0.214. The third kappa shape index (κ3) is 1.60. The Morgan fingerprint density at radius 3 is 2.36 bits per heavy atom. The zero-order chi connectivity index (χ0) is 8.48. The molecule has 1 heterocycles. The van der Waals surface area contributed by atoms with E-state index in [1.165, 1.54) is 4.80 Å². The van der Waals surface area contributed by atoms with Crippen molar-refractivity contribution >= 4 is 6.29 Å². The minimum absolute atomic E-state index is 0.125. The molecule has 0 aliphatic heterocycles. The highest BCUT2D eigenvalue weighted by Gasteiger charge is 2.16. The van der Waals surface area contributed by atoms with Crippen LogP contribution in [0.25, 0.3) is 0 Å². The predicted molar refractivity (Wildman–Crippen MR) is 38.2 cm³/mol. The highest BCUT2D eigenvalue weighted by molar-refractivity contribution is 5.67. The van der Waals surface area contributed by atoms with Crippen molar-refractivity contribution in [1.29, 1.82) is 0 Å². The summed E-state index contributed by atoms with van der Waals surface area (Å²) in [6, 6.07) is 0. The molecule has 0 aromatic carbocycles. The first-order valence-electron chi connectivity index (χ1n) is 3.30. The number of carbonyl (C=O) groups excluding carboxylic acids is 1. The Morgan fingerprint density at radius 2 is 2.09 bits per heavy atom. The van der Waals surface area contributed by atoms with Gasteiger partial charge in [-0.1, -0.05) is 0 Å². The second-order valence-electron chi connectivity index (χ2n) is 3.23. The van der Waals surface area contributed by atoms with Gasteiger partial charge in [-0.15, -0.1) is 10.2 Å². The van der Waals surface area contributed by atoms with E-state index in [-0.39, 0.29) is 11.4 Å². The Kier molecular flexibility index (Phi) is 1.72. The summed E-state index contributed by atoms with van der Waals surface area (Å²) in [5.74, 6) is 0.125. The molecule has 5 heteroatoms. The molecular weight excluding hydrogens is 144 g/mol. The van der Waals surface area contributed by atoms with Gasteiger partial charge in [-0.3, -0.25) is 4.79 Å². The van der Waals surface area contributed by atoms with Crippen molar-refractivity contribution in [2.45, 2.75) is 26.3 Å². The van der Waals surface area contributed by atoms with Gasteiger partial charge in [0.15, 0.2) is 6.29 Å². The quantitative estimate of drug-likeness (QED) is 0.543. The number of hydrogen-bond donors (Lipinski definition) is 0. The van der Waals surface area contributed by atoms with Crippen LogP contribution in [0.3, 0.4) is 0 Å². The molecule has 5 nitrogen and oxygen atoms in total. The maximum absolute atomic E-state index is 10.2. The van der Waals surface area contributed by atoms with Gasteiger partial charge in [0.25, 0.3) is 0 Å². The maximum atomic E-state index is 10.2. The topological polar surface area (TPSA) is 60.7 Å². The lowest BCUT2D eigenvalue weighted by Gasteiger charge is -2.14. The minimum Gasteiger partial charge on any atom is -0.294 e. The normalized spacial score (nSPS) is 11.5. The Balaban J connectivity index is 2.98. The summed E-state index contributed by atoms with van der Waals surface area (Å²) >= 11 is 0. The summed E-state index contributed by atoms with van der Waals surface area (Å²) in [5, 5.41) is 11.0. The lowest BCUT2D eigenvalue weighted by molar-refractivity contribution is 0.111. The van der Waals surface area contributed by atoms with Crippen LogP contribution in [0.4, 0.5) is 0 Å². The van der Waals surface area contributed by atoms with Crippen LogP contribution in [0, 0.1) is 0 Å². The van der Waals surface area contributed by atoms with Crippen molar-refractivity contribution in [1.82, 2.24) is 20.2 Å². The van der Waals surface area contributed by atoms with E-state index in [4.69, 9.17) is 0 Å². The fourth-order valence-corrected chi connectivity index (χ4v) is 0.557. The molecule has 0 aliphatic rings. The lowest BCUT2D eigenvalue weighted by Crippen LogP contribution is -2.24. The maximum Gasteiger partial charge on any atom is 0.237 e. The number of aromatic nitrogens is 4. The fraction of sp³-hybridized carbons (Fsp3) is 0.667. The Bertz CT molecular complexity index is 260. The third-order valence-electron chi connectivity index (χ3n) is 1.13. The van der Waals surface area contributed by atoms with Crippen LogP contribution in [0.1, 0.15) is 31.4 Å². The van der Waals surface area contributed by atoms with Gasteiger partial charge in [-0.25, -0.2) is 0 Å². The summed E-state index contributed by atoms with van der Waals surface area (Å²) < 4.78 is 0. The Labute approximate surface area is 64.4 Å². The van der Waals surface area contributed by atoms with Crippen molar-refractivity contribution in [3.63, 3.8) is 0 Å². The van der Waals surface area contributed by atoms with Crippen molar-refractivity contribution in [3.8, 4) is 0 Å². The second kappa shape index (κ2) is 2.41. The molecule has 0 spiro atoms. The van der Waals surface area contributed by atoms with E-state index in [2.05, 4.69) is 15.4 Å². The molecule has 0 saturated carbocycles. The Hall–Kier alpha value is -1.26. The van der Waals surface area contributed by atoms with Crippen LogP contribution >= 0.6 is 0 Å². The number of aldehydes is 1. The summed E-state index contributed by atoms with van der Waals surface area (Å²) in [6.45, 7) is 5.80. The van der Waals surface area contributed by atoms with Crippen LogP contribution in [0.2, 0.25) is 0 Å². The average Bonchev–Trinajstić information content (AvgIpc) is 2.32. The van der Waals surface area contributed by atoms with Crippen LogP contribution in [-0.4, -0.2) is 26.5 Å². The number of carbonyl (C=O) groups is 1. The van der Waals surface area contributed by atoms with E-state index in [0.717, 1.165) is 0 Å². The molecule has 0 fully saturated rings. The fourth-order valence-electron chi connectivity index (χ4n) is 0.557. The van der Waals surface area contributed by atoms with E-state index < -0.39 is 0 Å². The number of rotatable bonds is 1. The van der Waals surface area contributed by atoms with Gasteiger partial charge in [0.05, 0.1) is 5.54 Å². The zero-order valence-corrected chi connectivity index (χ0v) is 6.77. The average molecular weight is 154 g/mol. The third-order valence-corrected chi connectivity index (χ3v) is 1.13. The van der Waals surface area contributed by atoms with Crippen LogP contribution in [-0.2, 0) is 5.54 Å². The van der Waals surface area contributed by atoms with Gasteiger partial charge in [0, 0.05) is 0 Å². The molecule has 0 aliphatic carbocycles. The summed E-state index contributed by atoms with van der Waals surface area (Å²) in [7, 11) is 0. The van der Waals surface area contributed by atoms with Gasteiger partial charge >= 0.3 is 0 Å². The number of tetrazole rings is 1. The van der Waals surface area contributed by atoms with E-state index in [1.807, 2.05) is 20.8 Å². The molecule has 0 bridgehead atoms. The summed E-state index contributed by atoms with van der Waals surface area (Å²) in [4.78, 5) is 11.6. The lowest BCUT2D eigenvalue weighted by atomic mass is 10.1. The van der Waals surface area contributed by atoms with Crippen molar-refractivity contribution in [3.05, 3.63) is 5.82 Å². The molecule has 1 rings (SSSR count). The minimum atomic E-state index is -0.214. The molecule has 0 radical (unpaired) electrons. The molecule has 0 atom stereocenters. The van der Waals surface area contributed by atoms with E-state index in [0.29, 0.717) is 6.29 Å². The van der Waals surface area contributed by atoms with Gasteiger partial charge in [0.2, 0.25) is 5.82 Å². The number of hydrogen-bond acceptors (Lipinski definition) is 4. The molecule has 1 aromatic rings. The van der Waals surface area contributed by atoms with Crippen LogP contribution < -0.4 is 0 Å². The molecule has 60 valence electrons. The zero-order valence-electron chi connectivity index (χ0n) is 6.77. The van der Waals surface area contributed by atoms with Crippen molar-refractivity contribution in [2.75, 3.05) is 0 Å². The molecular formula is C6H10N4O. The van der Waals surface area contributed by atoms with E-state index in [9.17, 15) is 4.79 Å². The van der Waals surface area contributed by atoms with Crippen molar-refractivity contribution in [2.24, 2.45) is 0 Å².